The van der Waals surface area contributed by atoms with Crippen LogP contribution in [0.15, 0.2) is 0 Å². The lowest BCUT2D eigenvalue weighted by Crippen LogP contribution is -2.28. The van der Waals surface area contributed by atoms with Gasteiger partial charge < -0.3 is 4.79 Å². The molecule has 0 amide bonds. The number of hydrogen-bond acceptors (Lipinski definition) is 3. The molecule has 0 heterocycles. The Morgan fingerprint density at radius 3 is 2.60 bits per heavy atom. The highest BCUT2D eigenvalue weighted by atomic mass is 32.2. The van der Waals surface area contributed by atoms with Crippen LogP contribution in [0.1, 0.15) is 39.0 Å². The van der Waals surface area contributed by atoms with E-state index in [0.717, 1.165) is 38.4 Å². The predicted molar refractivity (Wildman–Crippen MR) is 60.4 cm³/mol. The summed E-state index contributed by atoms with van der Waals surface area (Å²) in [5.41, 5.74) is 0. The van der Waals surface area contributed by atoms with E-state index in [9.17, 15) is 13.2 Å². The van der Waals surface area contributed by atoms with Crippen LogP contribution in [-0.2, 0) is 14.6 Å². The molecule has 15 heavy (non-hydrogen) atoms. The third-order valence-corrected chi connectivity index (χ3v) is 4.92. The van der Waals surface area contributed by atoms with Crippen molar-refractivity contribution in [3.05, 3.63) is 0 Å². The van der Waals surface area contributed by atoms with E-state index in [-0.39, 0.29) is 11.2 Å². The second-order valence-electron chi connectivity index (χ2n) is 4.83. The molecule has 0 N–H and O–H groups in total. The van der Waals surface area contributed by atoms with Gasteiger partial charge in [0.15, 0.2) is 0 Å². The van der Waals surface area contributed by atoms with Crippen molar-refractivity contribution in [3.8, 4) is 0 Å². The summed E-state index contributed by atoms with van der Waals surface area (Å²) in [7, 11) is -2.89. The maximum atomic E-state index is 11.4. The van der Waals surface area contributed by atoms with Gasteiger partial charge in [0.2, 0.25) is 0 Å². The maximum Gasteiger partial charge on any atom is 0.150 e. The molecule has 88 valence electrons. The van der Waals surface area contributed by atoms with Gasteiger partial charge in [0.25, 0.3) is 0 Å². The molecule has 0 saturated heterocycles. The van der Waals surface area contributed by atoms with Crippen LogP contribution in [0.4, 0.5) is 0 Å². The van der Waals surface area contributed by atoms with Gasteiger partial charge in [0.05, 0.1) is 5.25 Å². The fourth-order valence-electron chi connectivity index (χ4n) is 2.43. The van der Waals surface area contributed by atoms with Crippen LogP contribution in [0.25, 0.3) is 0 Å². The zero-order valence-corrected chi connectivity index (χ0v) is 10.3. The highest BCUT2D eigenvalue weighted by molar-refractivity contribution is 7.91. The van der Waals surface area contributed by atoms with Crippen molar-refractivity contribution < 1.29 is 13.2 Å². The molecule has 1 aliphatic rings. The Morgan fingerprint density at radius 1 is 1.40 bits per heavy atom. The number of aldehydes is 1. The van der Waals surface area contributed by atoms with Crippen molar-refractivity contribution in [1.82, 2.24) is 0 Å². The molecule has 3 atom stereocenters. The monoisotopic (exact) mass is 232 g/mol. The lowest BCUT2D eigenvalue weighted by atomic mass is 9.83. The van der Waals surface area contributed by atoms with Crippen LogP contribution < -0.4 is 0 Å². The standard InChI is InChI=1S/C11H20O3S/c1-9(8-12)6-10-4-3-5-11(7-10)15(2,13)14/h8-11H,3-7H2,1-2H3. The van der Waals surface area contributed by atoms with Crippen molar-refractivity contribution in [2.75, 3.05) is 6.26 Å². The Balaban J connectivity index is 2.53. The van der Waals surface area contributed by atoms with Crippen molar-refractivity contribution in [1.29, 1.82) is 0 Å². The molecule has 4 heteroatoms. The quantitative estimate of drug-likeness (QED) is 0.695. The molecule has 1 rings (SSSR count). The second kappa shape index (κ2) is 5.10. The number of hydrogen-bond donors (Lipinski definition) is 0. The summed E-state index contributed by atoms with van der Waals surface area (Å²) in [5.74, 6) is 0.479. The van der Waals surface area contributed by atoms with Gasteiger partial charge >= 0.3 is 0 Å². The van der Waals surface area contributed by atoms with Gasteiger partial charge in [-0.05, 0) is 25.2 Å². The molecular weight excluding hydrogens is 212 g/mol. The first-order valence-electron chi connectivity index (χ1n) is 5.57. The molecule has 1 aliphatic carbocycles. The Hall–Kier alpha value is -0.380. The first-order chi connectivity index (χ1) is 6.93. The number of rotatable bonds is 4. The highest BCUT2D eigenvalue weighted by Gasteiger charge is 2.29. The molecule has 0 spiro atoms. The van der Waals surface area contributed by atoms with E-state index in [0.29, 0.717) is 5.92 Å². The number of carbonyl (C=O) groups is 1. The van der Waals surface area contributed by atoms with E-state index in [4.69, 9.17) is 0 Å². The first kappa shape index (κ1) is 12.7. The van der Waals surface area contributed by atoms with Gasteiger partial charge in [-0.3, -0.25) is 0 Å². The third-order valence-electron chi connectivity index (χ3n) is 3.28. The average Bonchev–Trinajstić information content (AvgIpc) is 2.17. The molecular formula is C11H20O3S. The topological polar surface area (TPSA) is 51.2 Å². The normalized spacial score (nSPS) is 29.7. The van der Waals surface area contributed by atoms with Gasteiger partial charge in [0.1, 0.15) is 16.1 Å². The summed E-state index contributed by atoms with van der Waals surface area (Å²) in [4.78, 5) is 10.5. The first-order valence-corrected chi connectivity index (χ1v) is 7.53. The van der Waals surface area contributed by atoms with Crippen LogP contribution in [0, 0.1) is 11.8 Å². The molecule has 3 unspecified atom stereocenters. The molecule has 1 fully saturated rings. The maximum absolute atomic E-state index is 11.4. The molecule has 0 aromatic heterocycles. The fourth-order valence-corrected chi connectivity index (χ4v) is 3.64. The van der Waals surface area contributed by atoms with Crippen LogP contribution >= 0.6 is 0 Å². The summed E-state index contributed by atoms with van der Waals surface area (Å²) < 4.78 is 22.8. The largest absolute Gasteiger partial charge is 0.303 e. The Labute approximate surface area is 92.2 Å². The van der Waals surface area contributed by atoms with Gasteiger partial charge in [-0.15, -0.1) is 0 Å². The zero-order chi connectivity index (χ0) is 11.5. The number of carbonyl (C=O) groups excluding carboxylic acids is 1. The third kappa shape index (κ3) is 3.93. The second-order valence-corrected chi connectivity index (χ2v) is 7.16. The van der Waals surface area contributed by atoms with E-state index in [1.807, 2.05) is 6.92 Å². The van der Waals surface area contributed by atoms with Crippen LogP contribution in [0.3, 0.4) is 0 Å². The molecule has 0 aromatic rings. The highest BCUT2D eigenvalue weighted by Crippen LogP contribution is 2.32. The summed E-state index contributed by atoms with van der Waals surface area (Å²) in [6.07, 6.45) is 6.72. The van der Waals surface area contributed by atoms with E-state index in [1.165, 1.54) is 6.26 Å². The summed E-state index contributed by atoms with van der Waals surface area (Å²) in [6, 6.07) is 0. The van der Waals surface area contributed by atoms with Gasteiger partial charge in [-0.1, -0.05) is 19.8 Å². The average molecular weight is 232 g/mol. The number of sulfone groups is 1. The zero-order valence-electron chi connectivity index (χ0n) is 9.48. The van der Waals surface area contributed by atoms with Crippen LogP contribution in [0.5, 0.6) is 0 Å². The van der Waals surface area contributed by atoms with Crippen molar-refractivity contribution in [2.24, 2.45) is 11.8 Å². The minimum absolute atomic E-state index is 0.0633. The summed E-state index contributed by atoms with van der Waals surface area (Å²) in [6.45, 7) is 1.90. The van der Waals surface area contributed by atoms with Crippen molar-refractivity contribution in [2.45, 2.75) is 44.3 Å². The molecule has 0 aromatic carbocycles. The summed E-state index contributed by atoms with van der Waals surface area (Å²) in [5, 5.41) is -0.171. The Bertz CT molecular complexity index is 308. The van der Waals surface area contributed by atoms with Crippen molar-refractivity contribution >= 4 is 16.1 Å². The van der Waals surface area contributed by atoms with Gasteiger partial charge in [-0.2, -0.15) is 0 Å². The van der Waals surface area contributed by atoms with Gasteiger partial charge in [0, 0.05) is 12.2 Å². The molecule has 1 saturated carbocycles. The molecule has 3 nitrogen and oxygen atoms in total. The Morgan fingerprint density at radius 2 is 2.07 bits per heavy atom. The molecule has 0 radical (unpaired) electrons. The lowest BCUT2D eigenvalue weighted by Gasteiger charge is -2.28. The smallest absolute Gasteiger partial charge is 0.150 e. The van der Waals surface area contributed by atoms with Gasteiger partial charge in [-0.25, -0.2) is 8.42 Å². The van der Waals surface area contributed by atoms with E-state index in [1.54, 1.807) is 0 Å². The summed E-state index contributed by atoms with van der Waals surface area (Å²) >= 11 is 0. The van der Waals surface area contributed by atoms with Crippen LogP contribution in [-0.4, -0.2) is 26.2 Å². The van der Waals surface area contributed by atoms with Crippen LogP contribution in [0.2, 0.25) is 0 Å². The van der Waals surface area contributed by atoms with Crippen molar-refractivity contribution in [3.63, 3.8) is 0 Å². The minimum Gasteiger partial charge on any atom is -0.303 e. The van der Waals surface area contributed by atoms with E-state index >= 15 is 0 Å². The SMILES string of the molecule is CC(C=O)CC1CCCC(S(C)(=O)=O)C1. The lowest BCUT2D eigenvalue weighted by molar-refractivity contribution is -0.111. The fraction of sp³-hybridized carbons (Fsp3) is 0.909. The molecule has 0 bridgehead atoms. The Kier molecular flexibility index (Phi) is 4.32. The van der Waals surface area contributed by atoms with E-state index in [2.05, 4.69) is 0 Å². The minimum atomic E-state index is -2.89. The van der Waals surface area contributed by atoms with E-state index < -0.39 is 9.84 Å². The predicted octanol–water partition coefficient (Wildman–Crippen LogP) is 1.81. The molecule has 0 aliphatic heterocycles.